The second-order valence-corrected chi connectivity index (χ2v) is 5.25. The molecule has 1 aromatic carbocycles. The number of hydrogen-bond donors (Lipinski definition) is 1. The van der Waals surface area contributed by atoms with Gasteiger partial charge in [0.2, 0.25) is 0 Å². The highest BCUT2D eigenvalue weighted by molar-refractivity contribution is 14.1. The van der Waals surface area contributed by atoms with Crippen LogP contribution in [0, 0.1) is 3.57 Å². The van der Waals surface area contributed by atoms with E-state index in [0.717, 1.165) is 22.2 Å². The van der Waals surface area contributed by atoms with Crippen molar-refractivity contribution in [3.63, 3.8) is 0 Å². The van der Waals surface area contributed by atoms with E-state index in [-0.39, 0.29) is 18.6 Å². The maximum Gasteiger partial charge on any atom is 0.258 e. The molecular weight excluding hydrogens is 329 g/mol. The van der Waals surface area contributed by atoms with Crippen molar-refractivity contribution >= 4 is 28.5 Å². The number of carbonyl (C=O) groups is 1. The normalized spacial score (nSPS) is 11.9. The molecule has 1 N–H and O–H groups in total. The minimum Gasteiger partial charge on any atom is -0.484 e. The first kappa shape index (κ1) is 14.3. The Morgan fingerprint density at radius 1 is 1.53 bits per heavy atom. The number of hydrogen-bond acceptors (Lipinski definition) is 2. The summed E-state index contributed by atoms with van der Waals surface area (Å²) in [6, 6.07) is 7.87. The molecule has 0 saturated heterocycles. The largest absolute Gasteiger partial charge is 0.484 e. The third kappa shape index (κ3) is 5.91. The molecule has 0 heterocycles. The van der Waals surface area contributed by atoms with Gasteiger partial charge >= 0.3 is 0 Å². The van der Waals surface area contributed by atoms with Crippen molar-refractivity contribution in [2.75, 3.05) is 6.61 Å². The van der Waals surface area contributed by atoms with Gasteiger partial charge in [-0.25, -0.2) is 0 Å². The maximum atomic E-state index is 11.5. The number of ether oxygens (including phenoxy) is 1. The van der Waals surface area contributed by atoms with Crippen LogP contribution in [0.15, 0.2) is 24.3 Å². The Balaban J connectivity index is 2.33. The minimum absolute atomic E-state index is 0.0650. The highest BCUT2D eigenvalue weighted by Crippen LogP contribution is 2.14. The van der Waals surface area contributed by atoms with Gasteiger partial charge in [-0.3, -0.25) is 4.79 Å². The second-order valence-electron chi connectivity index (χ2n) is 4.00. The number of benzene rings is 1. The first-order valence-corrected chi connectivity index (χ1v) is 6.87. The molecule has 0 spiro atoms. The van der Waals surface area contributed by atoms with Crippen molar-refractivity contribution in [3.8, 4) is 5.75 Å². The molecule has 4 heteroatoms. The SMILES string of the molecule is CCCC(C)NC(=O)COc1cccc(I)c1. The summed E-state index contributed by atoms with van der Waals surface area (Å²) in [7, 11) is 0. The number of carbonyl (C=O) groups excluding carboxylic acids is 1. The number of rotatable bonds is 6. The maximum absolute atomic E-state index is 11.5. The molecular formula is C13H18INO2. The van der Waals surface area contributed by atoms with Crippen LogP contribution in [0.5, 0.6) is 5.75 Å². The average Bonchev–Trinajstić information content (AvgIpc) is 2.27. The van der Waals surface area contributed by atoms with Gasteiger partial charge in [0.15, 0.2) is 6.61 Å². The van der Waals surface area contributed by atoms with E-state index in [4.69, 9.17) is 4.74 Å². The molecule has 0 aliphatic rings. The fourth-order valence-electron chi connectivity index (χ4n) is 1.53. The van der Waals surface area contributed by atoms with Gasteiger partial charge in [-0.05, 0) is 54.1 Å². The minimum atomic E-state index is -0.0650. The summed E-state index contributed by atoms with van der Waals surface area (Å²) in [5.41, 5.74) is 0. The quantitative estimate of drug-likeness (QED) is 0.804. The molecule has 0 aromatic heterocycles. The molecule has 1 rings (SSSR count). The second kappa shape index (κ2) is 7.53. The Morgan fingerprint density at radius 2 is 2.29 bits per heavy atom. The molecule has 0 aliphatic heterocycles. The van der Waals surface area contributed by atoms with E-state index in [0.29, 0.717) is 0 Å². The molecule has 1 aromatic rings. The predicted molar refractivity (Wildman–Crippen MR) is 77.2 cm³/mol. The van der Waals surface area contributed by atoms with E-state index >= 15 is 0 Å². The summed E-state index contributed by atoms with van der Waals surface area (Å²) >= 11 is 2.21. The molecule has 3 nitrogen and oxygen atoms in total. The Kier molecular flexibility index (Phi) is 6.32. The standard InChI is InChI=1S/C13H18INO2/c1-3-5-10(2)15-13(16)9-17-12-7-4-6-11(14)8-12/h4,6-8,10H,3,5,9H2,1-2H3,(H,15,16). The number of nitrogens with one attached hydrogen (secondary N) is 1. The van der Waals surface area contributed by atoms with Gasteiger partial charge in [0, 0.05) is 9.61 Å². The van der Waals surface area contributed by atoms with E-state index in [1.54, 1.807) is 0 Å². The van der Waals surface area contributed by atoms with Gasteiger partial charge in [0.05, 0.1) is 0 Å². The molecule has 0 aliphatic carbocycles. The Bertz CT molecular complexity index is 368. The van der Waals surface area contributed by atoms with Crippen LogP contribution in [0.1, 0.15) is 26.7 Å². The zero-order valence-corrected chi connectivity index (χ0v) is 12.4. The molecule has 94 valence electrons. The first-order valence-electron chi connectivity index (χ1n) is 5.79. The Morgan fingerprint density at radius 3 is 2.94 bits per heavy atom. The zero-order valence-electron chi connectivity index (χ0n) is 10.2. The number of amides is 1. The van der Waals surface area contributed by atoms with E-state index in [1.807, 2.05) is 31.2 Å². The summed E-state index contributed by atoms with van der Waals surface area (Å²) in [6.07, 6.45) is 2.06. The van der Waals surface area contributed by atoms with Crippen molar-refractivity contribution in [2.24, 2.45) is 0 Å². The van der Waals surface area contributed by atoms with Gasteiger partial charge in [-0.15, -0.1) is 0 Å². The lowest BCUT2D eigenvalue weighted by Crippen LogP contribution is -2.35. The Labute approximate surface area is 116 Å². The van der Waals surface area contributed by atoms with Crippen LogP contribution in [0.25, 0.3) is 0 Å². The van der Waals surface area contributed by atoms with Crippen molar-refractivity contribution in [3.05, 3.63) is 27.8 Å². The van der Waals surface area contributed by atoms with Crippen LogP contribution >= 0.6 is 22.6 Å². The van der Waals surface area contributed by atoms with Crippen LogP contribution in [0.4, 0.5) is 0 Å². The monoisotopic (exact) mass is 347 g/mol. The van der Waals surface area contributed by atoms with E-state index < -0.39 is 0 Å². The Hall–Kier alpha value is -0.780. The molecule has 0 fully saturated rings. The fraction of sp³-hybridized carbons (Fsp3) is 0.462. The van der Waals surface area contributed by atoms with Crippen LogP contribution < -0.4 is 10.1 Å². The highest BCUT2D eigenvalue weighted by Gasteiger charge is 2.07. The predicted octanol–water partition coefficient (Wildman–Crippen LogP) is 2.97. The molecule has 0 bridgehead atoms. The lowest BCUT2D eigenvalue weighted by molar-refractivity contribution is -0.123. The molecule has 1 unspecified atom stereocenters. The third-order valence-electron chi connectivity index (χ3n) is 2.30. The zero-order chi connectivity index (χ0) is 12.7. The topological polar surface area (TPSA) is 38.3 Å². The number of halogens is 1. The smallest absolute Gasteiger partial charge is 0.258 e. The van der Waals surface area contributed by atoms with Crippen molar-refractivity contribution in [1.29, 1.82) is 0 Å². The fourth-order valence-corrected chi connectivity index (χ4v) is 2.04. The van der Waals surface area contributed by atoms with Crippen LogP contribution in [0.3, 0.4) is 0 Å². The lowest BCUT2D eigenvalue weighted by atomic mass is 10.2. The van der Waals surface area contributed by atoms with Crippen molar-refractivity contribution in [2.45, 2.75) is 32.7 Å². The lowest BCUT2D eigenvalue weighted by Gasteiger charge is -2.13. The summed E-state index contributed by atoms with van der Waals surface area (Å²) in [6.45, 7) is 4.19. The van der Waals surface area contributed by atoms with Gasteiger partial charge in [-0.1, -0.05) is 19.4 Å². The van der Waals surface area contributed by atoms with Gasteiger partial charge in [-0.2, -0.15) is 0 Å². The highest BCUT2D eigenvalue weighted by atomic mass is 127. The first-order chi connectivity index (χ1) is 8.11. The average molecular weight is 347 g/mol. The summed E-state index contributed by atoms with van der Waals surface area (Å²) in [4.78, 5) is 11.5. The van der Waals surface area contributed by atoms with Crippen LogP contribution in [-0.4, -0.2) is 18.6 Å². The van der Waals surface area contributed by atoms with Gasteiger partial charge in [0.1, 0.15) is 5.75 Å². The van der Waals surface area contributed by atoms with E-state index in [2.05, 4.69) is 34.8 Å². The summed E-state index contributed by atoms with van der Waals surface area (Å²) < 4.78 is 6.51. The van der Waals surface area contributed by atoms with Crippen molar-refractivity contribution in [1.82, 2.24) is 5.32 Å². The van der Waals surface area contributed by atoms with Crippen molar-refractivity contribution < 1.29 is 9.53 Å². The molecule has 0 radical (unpaired) electrons. The van der Waals surface area contributed by atoms with Gasteiger partial charge in [0.25, 0.3) is 5.91 Å². The van der Waals surface area contributed by atoms with E-state index in [1.165, 1.54) is 0 Å². The summed E-state index contributed by atoms with van der Waals surface area (Å²) in [5.74, 6) is 0.667. The summed E-state index contributed by atoms with van der Waals surface area (Å²) in [5, 5.41) is 2.90. The molecule has 1 atom stereocenters. The van der Waals surface area contributed by atoms with Crippen LogP contribution in [-0.2, 0) is 4.79 Å². The van der Waals surface area contributed by atoms with Crippen LogP contribution in [0.2, 0.25) is 0 Å². The molecule has 1 amide bonds. The molecule has 17 heavy (non-hydrogen) atoms. The van der Waals surface area contributed by atoms with Gasteiger partial charge < -0.3 is 10.1 Å². The van der Waals surface area contributed by atoms with E-state index in [9.17, 15) is 4.79 Å². The third-order valence-corrected chi connectivity index (χ3v) is 2.97. The molecule has 0 saturated carbocycles.